The molecule has 5 nitrogen and oxygen atoms in total. The second-order valence-corrected chi connectivity index (χ2v) is 4.51. The quantitative estimate of drug-likeness (QED) is 0.553. The summed E-state index contributed by atoms with van der Waals surface area (Å²) in [5, 5.41) is 10.7. The fourth-order valence-electron chi connectivity index (χ4n) is 2.51. The third-order valence-corrected chi connectivity index (χ3v) is 3.37. The Morgan fingerprint density at radius 2 is 2.29 bits per heavy atom. The van der Waals surface area contributed by atoms with Gasteiger partial charge in [-0.15, -0.1) is 0 Å². The zero-order valence-corrected chi connectivity index (χ0v) is 9.30. The Bertz CT molecular complexity index is 460. The van der Waals surface area contributed by atoms with E-state index in [2.05, 4.69) is 0 Å². The van der Waals surface area contributed by atoms with Crippen molar-refractivity contribution in [3.05, 3.63) is 33.9 Å². The molecule has 17 heavy (non-hydrogen) atoms. The first-order chi connectivity index (χ1) is 8.24. The van der Waals surface area contributed by atoms with Crippen LogP contribution in [0.3, 0.4) is 0 Å². The standard InChI is InChI=1S/C12H13NO4/c14-13(15)10-3-4-11-9(7-10)6-8-2-1-5-16-12(8)17-11/h3-4,7-8,12H,1-2,5-6H2/t8-,12+/m0/s1. The van der Waals surface area contributed by atoms with Crippen LogP contribution in [-0.2, 0) is 11.2 Å². The van der Waals surface area contributed by atoms with Crippen molar-refractivity contribution in [2.75, 3.05) is 6.61 Å². The Labute approximate surface area is 98.5 Å². The molecule has 0 saturated carbocycles. The van der Waals surface area contributed by atoms with Gasteiger partial charge in [0.1, 0.15) is 5.75 Å². The maximum Gasteiger partial charge on any atom is 0.269 e. The van der Waals surface area contributed by atoms with Crippen LogP contribution >= 0.6 is 0 Å². The van der Waals surface area contributed by atoms with Crippen molar-refractivity contribution in [2.45, 2.75) is 25.6 Å². The normalized spacial score (nSPS) is 26.6. The first-order valence-corrected chi connectivity index (χ1v) is 5.79. The lowest BCUT2D eigenvalue weighted by Crippen LogP contribution is -2.38. The molecular weight excluding hydrogens is 222 g/mol. The number of benzene rings is 1. The highest BCUT2D eigenvalue weighted by Gasteiger charge is 2.33. The van der Waals surface area contributed by atoms with Crippen LogP contribution in [0.15, 0.2) is 18.2 Å². The number of hydrogen-bond donors (Lipinski definition) is 0. The van der Waals surface area contributed by atoms with Crippen molar-refractivity contribution in [1.29, 1.82) is 0 Å². The number of non-ortho nitro benzene ring substituents is 1. The van der Waals surface area contributed by atoms with Crippen LogP contribution < -0.4 is 4.74 Å². The fraction of sp³-hybridized carbons (Fsp3) is 0.500. The average molecular weight is 235 g/mol. The van der Waals surface area contributed by atoms with E-state index < -0.39 is 0 Å². The van der Waals surface area contributed by atoms with Crippen LogP contribution in [0.2, 0.25) is 0 Å². The zero-order valence-electron chi connectivity index (χ0n) is 9.30. The van der Waals surface area contributed by atoms with E-state index >= 15 is 0 Å². The summed E-state index contributed by atoms with van der Waals surface area (Å²) >= 11 is 0. The van der Waals surface area contributed by atoms with Gasteiger partial charge in [-0.2, -0.15) is 0 Å². The number of nitrogens with zero attached hydrogens (tertiary/aromatic N) is 1. The van der Waals surface area contributed by atoms with E-state index in [-0.39, 0.29) is 16.9 Å². The summed E-state index contributed by atoms with van der Waals surface area (Å²) < 4.78 is 11.3. The van der Waals surface area contributed by atoms with Gasteiger partial charge in [0.05, 0.1) is 11.5 Å². The zero-order chi connectivity index (χ0) is 11.8. The third kappa shape index (κ3) is 1.86. The van der Waals surface area contributed by atoms with Crippen LogP contribution in [0.25, 0.3) is 0 Å². The minimum absolute atomic E-state index is 0.127. The molecule has 5 heteroatoms. The smallest absolute Gasteiger partial charge is 0.269 e. The molecule has 3 rings (SSSR count). The van der Waals surface area contributed by atoms with Crippen LogP contribution in [0.5, 0.6) is 5.75 Å². The topological polar surface area (TPSA) is 61.6 Å². The van der Waals surface area contributed by atoms with Gasteiger partial charge in [-0.05, 0) is 25.3 Å². The summed E-state index contributed by atoms with van der Waals surface area (Å²) in [6, 6.07) is 4.75. The second kappa shape index (κ2) is 4.00. The molecule has 1 fully saturated rings. The van der Waals surface area contributed by atoms with Gasteiger partial charge in [0.15, 0.2) is 0 Å². The molecule has 0 radical (unpaired) electrons. The highest BCUT2D eigenvalue weighted by molar-refractivity contribution is 5.45. The van der Waals surface area contributed by atoms with E-state index in [0.717, 1.165) is 37.2 Å². The minimum Gasteiger partial charge on any atom is -0.464 e. The van der Waals surface area contributed by atoms with Crippen molar-refractivity contribution in [3.8, 4) is 5.75 Å². The lowest BCUT2D eigenvalue weighted by molar-refractivity contribution is -0.385. The summed E-state index contributed by atoms with van der Waals surface area (Å²) in [6.07, 6.45) is 2.74. The molecule has 2 aliphatic rings. The molecule has 1 aromatic carbocycles. The molecule has 1 aromatic rings. The predicted molar refractivity (Wildman–Crippen MR) is 59.9 cm³/mol. The van der Waals surface area contributed by atoms with Gasteiger partial charge < -0.3 is 9.47 Å². The van der Waals surface area contributed by atoms with Crippen LogP contribution in [-0.4, -0.2) is 17.8 Å². The second-order valence-electron chi connectivity index (χ2n) is 4.51. The predicted octanol–water partition coefficient (Wildman–Crippen LogP) is 2.28. The number of nitro groups is 1. The van der Waals surface area contributed by atoms with Crippen molar-refractivity contribution in [1.82, 2.24) is 0 Å². The number of rotatable bonds is 1. The van der Waals surface area contributed by atoms with E-state index in [1.54, 1.807) is 12.1 Å². The van der Waals surface area contributed by atoms with Gasteiger partial charge in [-0.3, -0.25) is 10.1 Å². The summed E-state index contributed by atoms with van der Waals surface area (Å²) in [4.78, 5) is 10.3. The van der Waals surface area contributed by atoms with Gasteiger partial charge in [0.2, 0.25) is 6.29 Å². The van der Waals surface area contributed by atoms with Gasteiger partial charge in [-0.1, -0.05) is 0 Å². The van der Waals surface area contributed by atoms with Gasteiger partial charge in [0, 0.05) is 23.6 Å². The lowest BCUT2D eigenvalue weighted by atomic mass is 9.90. The minimum atomic E-state index is -0.371. The van der Waals surface area contributed by atoms with E-state index in [1.165, 1.54) is 6.07 Å². The van der Waals surface area contributed by atoms with Crippen LogP contribution in [0.4, 0.5) is 5.69 Å². The average Bonchev–Trinajstić information content (AvgIpc) is 2.35. The molecule has 0 aromatic heterocycles. The Balaban J connectivity index is 1.91. The van der Waals surface area contributed by atoms with Gasteiger partial charge >= 0.3 is 0 Å². The van der Waals surface area contributed by atoms with Crippen LogP contribution in [0, 0.1) is 16.0 Å². The van der Waals surface area contributed by atoms with Crippen LogP contribution in [0.1, 0.15) is 18.4 Å². The van der Waals surface area contributed by atoms with Gasteiger partial charge in [0.25, 0.3) is 5.69 Å². The van der Waals surface area contributed by atoms with Crippen molar-refractivity contribution < 1.29 is 14.4 Å². The highest BCUT2D eigenvalue weighted by atomic mass is 16.7. The highest BCUT2D eigenvalue weighted by Crippen LogP contribution is 2.37. The molecule has 2 heterocycles. The van der Waals surface area contributed by atoms with E-state index in [4.69, 9.17) is 9.47 Å². The molecule has 0 aliphatic carbocycles. The van der Waals surface area contributed by atoms with Crippen molar-refractivity contribution in [3.63, 3.8) is 0 Å². The Kier molecular flexibility index (Phi) is 2.48. The fourth-order valence-corrected chi connectivity index (χ4v) is 2.51. The number of nitro benzene ring substituents is 1. The molecule has 0 spiro atoms. The molecule has 90 valence electrons. The lowest BCUT2D eigenvalue weighted by Gasteiger charge is -2.36. The summed E-state index contributed by atoms with van der Waals surface area (Å²) in [6.45, 7) is 0.740. The monoisotopic (exact) mass is 235 g/mol. The van der Waals surface area contributed by atoms with E-state index in [9.17, 15) is 10.1 Å². The van der Waals surface area contributed by atoms with Crippen molar-refractivity contribution >= 4 is 5.69 Å². The third-order valence-electron chi connectivity index (χ3n) is 3.37. The first kappa shape index (κ1) is 10.5. The molecule has 0 bridgehead atoms. The van der Waals surface area contributed by atoms with Gasteiger partial charge in [-0.25, -0.2) is 0 Å². The van der Waals surface area contributed by atoms with Crippen molar-refractivity contribution in [2.24, 2.45) is 5.92 Å². The maximum atomic E-state index is 10.7. The van der Waals surface area contributed by atoms with E-state index in [0.29, 0.717) is 5.92 Å². The molecule has 2 atom stereocenters. The number of fused-ring (bicyclic) bond motifs is 2. The molecule has 0 amide bonds. The molecule has 0 N–H and O–H groups in total. The maximum absolute atomic E-state index is 10.7. The molecule has 1 saturated heterocycles. The SMILES string of the molecule is O=[N+]([O-])c1ccc2c(c1)C[C@@H]1CCCO[C@@H]1O2. The summed E-state index contributed by atoms with van der Waals surface area (Å²) in [5.41, 5.74) is 1.05. The Morgan fingerprint density at radius 3 is 3.12 bits per heavy atom. The number of hydrogen-bond acceptors (Lipinski definition) is 4. The Hall–Kier alpha value is -1.62. The summed E-state index contributed by atoms with van der Waals surface area (Å²) in [7, 11) is 0. The molecular formula is C12H13NO4. The Morgan fingerprint density at radius 1 is 1.41 bits per heavy atom. The summed E-state index contributed by atoms with van der Waals surface area (Å²) in [5.74, 6) is 1.05. The van der Waals surface area contributed by atoms with E-state index in [1.807, 2.05) is 0 Å². The molecule has 2 aliphatic heterocycles. The largest absolute Gasteiger partial charge is 0.464 e. The number of ether oxygens (including phenoxy) is 2. The molecule has 0 unspecified atom stereocenters. The first-order valence-electron chi connectivity index (χ1n) is 5.79.